The van der Waals surface area contributed by atoms with Gasteiger partial charge in [-0.15, -0.1) is 0 Å². The van der Waals surface area contributed by atoms with Crippen LogP contribution in [0.2, 0.25) is 0 Å². The molecule has 0 radical (unpaired) electrons. The molecule has 1 aromatic carbocycles. The maximum absolute atomic E-state index is 4.56. The van der Waals surface area contributed by atoms with Gasteiger partial charge in [-0.1, -0.05) is 41.5 Å². The standard InChI is InChI=1S/C13H12Br2N2S/c1-8(2)13-16-11(15)7-12(17-13)18-10-5-3-9(14)4-6-10/h3-8H,1-2H3. The average Bonchev–Trinajstić information content (AvgIpc) is 2.31. The molecule has 2 nitrogen and oxygen atoms in total. The van der Waals surface area contributed by atoms with E-state index in [1.807, 2.05) is 18.2 Å². The van der Waals surface area contributed by atoms with Crippen LogP contribution in [0, 0.1) is 0 Å². The first-order chi connectivity index (χ1) is 8.54. The molecule has 0 unspecified atom stereocenters. The van der Waals surface area contributed by atoms with Gasteiger partial charge in [-0.05, 0) is 40.2 Å². The van der Waals surface area contributed by atoms with E-state index >= 15 is 0 Å². The van der Waals surface area contributed by atoms with Crippen molar-refractivity contribution in [2.75, 3.05) is 0 Å². The summed E-state index contributed by atoms with van der Waals surface area (Å²) in [6.45, 7) is 4.19. The fourth-order valence-corrected chi connectivity index (χ4v) is 2.99. The lowest BCUT2D eigenvalue weighted by atomic mass is 10.2. The largest absolute Gasteiger partial charge is 0.226 e. The molecule has 94 valence electrons. The first kappa shape index (κ1) is 14.0. The molecule has 0 saturated heterocycles. The molecule has 0 N–H and O–H groups in total. The molecule has 0 amide bonds. The third-order valence-electron chi connectivity index (χ3n) is 2.24. The van der Waals surface area contributed by atoms with Gasteiger partial charge in [0.25, 0.3) is 0 Å². The third-order valence-corrected chi connectivity index (χ3v) is 4.10. The molecule has 0 spiro atoms. The minimum Gasteiger partial charge on any atom is -0.226 e. The summed E-state index contributed by atoms with van der Waals surface area (Å²) in [6.07, 6.45) is 0. The van der Waals surface area contributed by atoms with Crippen molar-refractivity contribution < 1.29 is 0 Å². The van der Waals surface area contributed by atoms with Crippen LogP contribution in [-0.4, -0.2) is 9.97 Å². The topological polar surface area (TPSA) is 25.8 Å². The maximum atomic E-state index is 4.56. The maximum Gasteiger partial charge on any atom is 0.133 e. The van der Waals surface area contributed by atoms with Gasteiger partial charge in [-0.25, -0.2) is 9.97 Å². The number of rotatable bonds is 3. The number of hydrogen-bond acceptors (Lipinski definition) is 3. The van der Waals surface area contributed by atoms with E-state index in [0.29, 0.717) is 5.92 Å². The summed E-state index contributed by atoms with van der Waals surface area (Å²) in [5, 5.41) is 0.961. The minimum absolute atomic E-state index is 0.326. The van der Waals surface area contributed by atoms with E-state index in [1.54, 1.807) is 11.8 Å². The Bertz CT molecular complexity index is 541. The zero-order valence-corrected chi connectivity index (χ0v) is 14.0. The van der Waals surface area contributed by atoms with E-state index in [9.17, 15) is 0 Å². The Morgan fingerprint density at radius 3 is 2.33 bits per heavy atom. The number of hydrogen-bond donors (Lipinski definition) is 0. The monoisotopic (exact) mass is 386 g/mol. The third kappa shape index (κ3) is 3.80. The molecular weight excluding hydrogens is 376 g/mol. The fraction of sp³-hybridized carbons (Fsp3) is 0.231. The van der Waals surface area contributed by atoms with Gasteiger partial charge < -0.3 is 0 Å². The molecule has 18 heavy (non-hydrogen) atoms. The Labute approximate surface area is 128 Å². The van der Waals surface area contributed by atoms with Crippen molar-refractivity contribution in [1.29, 1.82) is 0 Å². The molecule has 0 aliphatic heterocycles. The normalized spacial score (nSPS) is 10.9. The van der Waals surface area contributed by atoms with Crippen molar-refractivity contribution in [3.8, 4) is 0 Å². The number of aromatic nitrogens is 2. The quantitative estimate of drug-likeness (QED) is 0.670. The van der Waals surface area contributed by atoms with Crippen LogP contribution in [0.4, 0.5) is 0 Å². The Morgan fingerprint density at radius 2 is 1.72 bits per heavy atom. The summed E-state index contributed by atoms with van der Waals surface area (Å²) in [7, 11) is 0. The predicted molar refractivity (Wildman–Crippen MR) is 82.1 cm³/mol. The van der Waals surface area contributed by atoms with Gasteiger partial charge in [0.05, 0.1) is 0 Å². The first-order valence-corrected chi connectivity index (χ1v) is 7.93. The molecule has 1 heterocycles. The smallest absolute Gasteiger partial charge is 0.133 e. The van der Waals surface area contributed by atoms with Crippen LogP contribution in [0.25, 0.3) is 0 Å². The second kappa shape index (κ2) is 6.17. The van der Waals surface area contributed by atoms with Gasteiger partial charge >= 0.3 is 0 Å². The van der Waals surface area contributed by atoms with Gasteiger partial charge in [-0.2, -0.15) is 0 Å². The van der Waals surface area contributed by atoms with Crippen LogP contribution in [-0.2, 0) is 0 Å². The molecule has 2 aromatic rings. The number of nitrogens with zero attached hydrogens (tertiary/aromatic N) is 2. The molecule has 0 aliphatic carbocycles. The van der Waals surface area contributed by atoms with Crippen molar-refractivity contribution in [2.45, 2.75) is 29.7 Å². The summed E-state index contributed by atoms with van der Waals surface area (Å²) in [6, 6.07) is 10.1. The van der Waals surface area contributed by atoms with Crippen molar-refractivity contribution in [1.82, 2.24) is 9.97 Å². The van der Waals surface area contributed by atoms with Crippen LogP contribution in [0.15, 0.2) is 49.3 Å². The summed E-state index contributed by atoms with van der Waals surface area (Å²) in [4.78, 5) is 10.1. The zero-order chi connectivity index (χ0) is 13.1. The van der Waals surface area contributed by atoms with Crippen molar-refractivity contribution in [3.63, 3.8) is 0 Å². The van der Waals surface area contributed by atoms with Crippen molar-refractivity contribution in [3.05, 3.63) is 45.2 Å². The van der Waals surface area contributed by atoms with Crippen LogP contribution in [0.1, 0.15) is 25.6 Å². The Balaban J connectivity index is 2.26. The molecule has 0 atom stereocenters. The van der Waals surface area contributed by atoms with Crippen LogP contribution in [0.3, 0.4) is 0 Å². The summed E-state index contributed by atoms with van der Waals surface area (Å²) >= 11 is 8.51. The number of benzene rings is 1. The molecule has 2 rings (SSSR count). The van der Waals surface area contributed by atoms with Crippen molar-refractivity contribution >= 4 is 43.6 Å². The summed E-state index contributed by atoms with van der Waals surface area (Å²) < 4.78 is 1.92. The molecule has 5 heteroatoms. The lowest BCUT2D eigenvalue weighted by molar-refractivity contribution is 0.748. The molecule has 0 saturated carbocycles. The van der Waals surface area contributed by atoms with E-state index in [4.69, 9.17) is 0 Å². The van der Waals surface area contributed by atoms with Crippen molar-refractivity contribution in [2.24, 2.45) is 0 Å². The molecule has 0 fully saturated rings. The van der Waals surface area contributed by atoms with Crippen LogP contribution in [0.5, 0.6) is 0 Å². The lowest BCUT2D eigenvalue weighted by Crippen LogP contribution is -1.98. The summed E-state index contributed by atoms with van der Waals surface area (Å²) in [5.74, 6) is 1.19. The number of halogens is 2. The SMILES string of the molecule is CC(C)c1nc(Br)cc(Sc2ccc(Br)cc2)n1. The highest BCUT2D eigenvalue weighted by Gasteiger charge is 2.08. The Morgan fingerprint density at radius 1 is 1.06 bits per heavy atom. The molecule has 1 aromatic heterocycles. The average molecular weight is 388 g/mol. The minimum atomic E-state index is 0.326. The second-order valence-corrected chi connectivity index (χ2v) is 6.92. The fourth-order valence-electron chi connectivity index (χ4n) is 1.35. The lowest BCUT2D eigenvalue weighted by Gasteiger charge is -2.07. The second-order valence-electron chi connectivity index (χ2n) is 4.10. The van der Waals surface area contributed by atoms with Crippen LogP contribution < -0.4 is 0 Å². The molecule has 0 aliphatic rings. The zero-order valence-electron chi connectivity index (χ0n) is 10.0. The Hall–Kier alpha value is -0.390. The van der Waals surface area contributed by atoms with Gasteiger partial charge in [-0.3, -0.25) is 0 Å². The highest BCUT2D eigenvalue weighted by Crippen LogP contribution is 2.29. The highest BCUT2D eigenvalue weighted by molar-refractivity contribution is 9.10. The van der Waals surface area contributed by atoms with E-state index in [0.717, 1.165) is 19.9 Å². The van der Waals surface area contributed by atoms with E-state index in [2.05, 4.69) is 67.8 Å². The Kier molecular flexibility index (Phi) is 4.81. The predicted octanol–water partition coefficient (Wildman–Crippen LogP) is 5.28. The van der Waals surface area contributed by atoms with E-state index < -0.39 is 0 Å². The molecular formula is C13H12Br2N2S. The van der Waals surface area contributed by atoms with Gasteiger partial charge in [0.15, 0.2) is 0 Å². The van der Waals surface area contributed by atoms with E-state index in [1.165, 1.54) is 4.90 Å². The van der Waals surface area contributed by atoms with Gasteiger partial charge in [0.2, 0.25) is 0 Å². The van der Waals surface area contributed by atoms with E-state index in [-0.39, 0.29) is 0 Å². The molecule has 0 bridgehead atoms. The van der Waals surface area contributed by atoms with Gasteiger partial charge in [0, 0.05) is 21.4 Å². The summed E-state index contributed by atoms with van der Waals surface area (Å²) in [5.41, 5.74) is 0. The van der Waals surface area contributed by atoms with Gasteiger partial charge in [0.1, 0.15) is 15.5 Å². The highest BCUT2D eigenvalue weighted by atomic mass is 79.9. The first-order valence-electron chi connectivity index (χ1n) is 5.52. The van der Waals surface area contributed by atoms with Crippen LogP contribution >= 0.6 is 43.6 Å².